The number of hydrogen-bond acceptors (Lipinski definition) is 10. The molecule has 0 spiro atoms. The lowest BCUT2D eigenvalue weighted by Crippen LogP contribution is -2.34. The van der Waals surface area contributed by atoms with Crippen LogP contribution in [0.4, 0.5) is 0 Å². The van der Waals surface area contributed by atoms with Crippen LogP contribution in [0, 0.1) is 0 Å². The number of esters is 2. The highest BCUT2D eigenvalue weighted by Gasteiger charge is 2.28. The van der Waals surface area contributed by atoms with E-state index in [4.69, 9.17) is 29.9 Å². The molecule has 0 aromatic rings. The van der Waals surface area contributed by atoms with E-state index < -0.39 is 76.5 Å². The maximum Gasteiger partial charge on any atom is 0.472 e. The lowest BCUT2D eigenvalue weighted by atomic mass is 10.0. The molecule has 0 aromatic carbocycles. The Hall–Kier alpha value is -2.05. The average molecular weight is 598 g/mol. The fourth-order valence-corrected chi connectivity index (χ4v) is 4.35. The van der Waals surface area contributed by atoms with E-state index in [1.54, 1.807) is 0 Å². The third kappa shape index (κ3) is 23.8. The van der Waals surface area contributed by atoms with Crippen LogP contribution in [0.1, 0.15) is 110 Å². The number of unbranched alkanes of at least 4 members (excludes halogenated alkanes) is 12. The predicted molar refractivity (Wildman–Crippen MR) is 145 cm³/mol. The van der Waals surface area contributed by atoms with Gasteiger partial charge in [-0.2, -0.15) is 0 Å². The third-order valence-corrected chi connectivity index (χ3v) is 6.86. The Morgan fingerprint density at radius 2 is 1.20 bits per heavy atom. The molecule has 0 heterocycles. The molecule has 0 saturated carbocycles. The van der Waals surface area contributed by atoms with Crippen LogP contribution in [0.3, 0.4) is 0 Å². The quantitative estimate of drug-likeness (QED) is 0.0591. The van der Waals surface area contributed by atoms with Gasteiger partial charge >= 0.3 is 31.7 Å². The number of carboxylic acids is 2. The summed E-state index contributed by atoms with van der Waals surface area (Å²) in [4.78, 5) is 55.1. The van der Waals surface area contributed by atoms with E-state index in [1.807, 2.05) is 0 Å². The first-order valence-corrected chi connectivity index (χ1v) is 15.6. The van der Waals surface area contributed by atoms with Gasteiger partial charge in [0.2, 0.25) is 0 Å². The first kappa shape index (κ1) is 38.0. The van der Waals surface area contributed by atoms with Crippen molar-refractivity contribution in [3.8, 4) is 0 Å². The van der Waals surface area contributed by atoms with E-state index in [2.05, 4.69) is 11.4 Å². The van der Waals surface area contributed by atoms with Gasteiger partial charge in [0.25, 0.3) is 0 Å². The second kappa shape index (κ2) is 23.6. The lowest BCUT2D eigenvalue weighted by Gasteiger charge is -2.20. The molecule has 0 bridgehead atoms. The Balaban J connectivity index is 4.32. The molecule has 1 unspecified atom stereocenters. The minimum absolute atomic E-state index is 0.146. The number of carbonyl (C=O) groups excluding carboxylic acids is 2. The number of ether oxygens (including phenoxy) is 2. The molecule has 0 aromatic heterocycles. The van der Waals surface area contributed by atoms with Gasteiger partial charge in [-0.3, -0.25) is 28.2 Å². The van der Waals surface area contributed by atoms with Gasteiger partial charge in [0, 0.05) is 6.42 Å². The molecule has 234 valence electrons. The van der Waals surface area contributed by atoms with Crippen LogP contribution < -0.4 is 5.73 Å². The maximum absolute atomic E-state index is 12.1. The van der Waals surface area contributed by atoms with Crippen LogP contribution in [0.15, 0.2) is 0 Å². The van der Waals surface area contributed by atoms with Crippen molar-refractivity contribution in [2.45, 2.75) is 122 Å². The van der Waals surface area contributed by atoms with E-state index in [0.717, 1.165) is 19.3 Å². The Morgan fingerprint density at radius 3 is 1.70 bits per heavy atom. The zero-order valence-electron chi connectivity index (χ0n) is 23.6. The fraction of sp³-hybridized carbons (Fsp3) is 0.846. The summed E-state index contributed by atoms with van der Waals surface area (Å²) in [5, 5.41) is 17.4. The number of carbonyl (C=O) groups is 4. The molecule has 0 fully saturated rings. The van der Waals surface area contributed by atoms with Gasteiger partial charge in [0.05, 0.1) is 26.1 Å². The number of carboxylic acid groups (broad SMARTS) is 2. The number of hydrogen-bond donors (Lipinski definition) is 4. The molecule has 5 N–H and O–H groups in total. The standard InChI is InChI=1S/C26H48NO12P/c1-2-3-4-5-6-7-8-9-10-11-12-13-14-15-24(30)36-18-21(39-25(31)17-16-23(28)29)19-37-40(34,35)38-20-22(27)26(32)33/h21-22H,2-20,27H2,1H3,(H,28,29)(H,32,33)(H,34,35)/t21-,22+/m1/s1. The Bertz CT molecular complexity index is 779. The largest absolute Gasteiger partial charge is 0.481 e. The van der Waals surface area contributed by atoms with Gasteiger partial charge in [-0.1, -0.05) is 84.0 Å². The highest BCUT2D eigenvalue weighted by molar-refractivity contribution is 7.47. The van der Waals surface area contributed by atoms with Crippen molar-refractivity contribution in [1.29, 1.82) is 0 Å². The van der Waals surface area contributed by atoms with Crippen molar-refractivity contribution < 1.29 is 57.4 Å². The van der Waals surface area contributed by atoms with Crippen LogP contribution in [0.5, 0.6) is 0 Å². The Kier molecular flexibility index (Phi) is 22.4. The first-order chi connectivity index (χ1) is 19.0. The van der Waals surface area contributed by atoms with E-state index >= 15 is 0 Å². The minimum atomic E-state index is -4.78. The number of phosphoric acid groups is 1. The lowest BCUT2D eigenvalue weighted by molar-refractivity contribution is -0.162. The van der Waals surface area contributed by atoms with Crippen LogP contribution in [0.25, 0.3) is 0 Å². The minimum Gasteiger partial charge on any atom is -0.481 e. The summed E-state index contributed by atoms with van der Waals surface area (Å²) in [6, 6.07) is -1.57. The molecule has 13 nitrogen and oxygen atoms in total. The van der Waals surface area contributed by atoms with Gasteiger partial charge in [-0.25, -0.2) is 4.57 Å². The summed E-state index contributed by atoms with van der Waals surface area (Å²) in [7, 11) is -4.78. The highest BCUT2D eigenvalue weighted by atomic mass is 31.2. The fourth-order valence-electron chi connectivity index (χ4n) is 3.58. The van der Waals surface area contributed by atoms with Crippen molar-refractivity contribution in [3.63, 3.8) is 0 Å². The monoisotopic (exact) mass is 597 g/mol. The Labute approximate surface area is 236 Å². The van der Waals surface area contributed by atoms with Crippen molar-refractivity contribution in [2.24, 2.45) is 5.73 Å². The second-order valence-corrected chi connectivity index (χ2v) is 11.1. The number of phosphoric ester groups is 1. The molecular weight excluding hydrogens is 549 g/mol. The molecule has 40 heavy (non-hydrogen) atoms. The highest BCUT2D eigenvalue weighted by Crippen LogP contribution is 2.43. The maximum atomic E-state index is 12.1. The summed E-state index contributed by atoms with van der Waals surface area (Å²) in [5.41, 5.74) is 5.21. The normalized spacial score (nSPS) is 14.2. The van der Waals surface area contributed by atoms with Gasteiger partial charge in [0.1, 0.15) is 12.6 Å². The topological polar surface area (TPSA) is 209 Å². The van der Waals surface area contributed by atoms with Crippen molar-refractivity contribution >= 4 is 31.7 Å². The van der Waals surface area contributed by atoms with E-state index in [-0.39, 0.29) is 6.42 Å². The van der Waals surface area contributed by atoms with E-state index in [1.165, 1.54) is 57.8 Å². The average Bonchev–Trinajstić information content (AvgIpc) is 2.90. The molecule has 0 rings (SSSR count). The van der Waals surface area contributed by atoms with Crippen LogP contribution in [-0.2, 0) is 42.3 Å². The second-order valence-electron chi connectivity index (χ2n) is 9.69. The third-order valence-electron chi connectivity index (χ3n) is 5.91. The summed E-state index contributed by atoms with van der Waals surface area (Å²) in [6.07, 6.45) is 13.0. The van der Waals surface area contributed by atoms with Crippen molar-refractivity contribution in [2.75, 3.05) is 19.8 Å². The van der Waals surface area contributed by atoms with E-state index in [0.29, 0.717) is 6.42 Å². The first-order valence-electron chi connectivity index (χ1n) is 14.1. The zero-order valence-corrected chi connectivity index (χ0v) is 24.5. The number of rotatable bonds is 27. The molecule has 0 saturated heterocycles. The van der Waals surface area contributed by atoms with Gasteiger partial charge in [0.15, 0.2) is 6.10 Å². The molecule has 0 amide bonds. The van der Waals surface area contributed by atoms with Gasteiger partial charge in [-0.15, -0.1) is 0 Å². The molecule has 0 aliphatic rings. The van der Waals surface area contributed by atoms with Crippen LogP contribution in [0.2, 0.25) is 0 Å². The summed E-state index contributed by atoms with van der Waals surface area (Å²) >= 11 is 0. The number of aliphatic carboxylic acids is 2. The predicted octanol–water partition coefficient (Wildman–Crippen LogP) is 4.33. The molecule has 0 aliphatic heterocycles. The van der Waals surface area contributed by atoms with E-state index in [9.17, 15) is 28.6 Å². The molecule has 0 aliphatic carbocycles. The summed E-state index contributed by atoms with van der Waals surface area (Å²) in [6.45, 7) is 0.165. The van der Waals surface area contributed by atoms with Crippen molar-refractivity contribution in [3.05, 3.63) is 0 Å². The molecule has 14 heteroatoms. The summed E-state index contributed by atoms with van der Waals surface area (Å²) < 4.78 is 31.3. The molecular formula is C26H48NO12P. The van der Waals surface area contributed by atoms with Crippen LogP contribution in [-0.4, -0.2) is 71.0 Å². The number of nitrogens with two attached hydrogens (primary N) is 1. The molecule has 0 radical (unpaired) electrons. The summed E-state index contributed by atoms with van der Waals surface area (Å²) in [5.74, 6) is -4.17. The van der Waals surface area contributed by atoms with Crippen molar-refractivity contribution in [1.82, 2.24) is 0 Å². The molecule has 3 atom stereocenters. The van der Waals surface area contributed by atoms with Crippen LogP contribution >= 0.6 is 7.82 Å². The van der Waals surface area contributed by atoms with Gasteiger partial charge < -0.3 is 30.3 Å². The smallest absolute Gasteiger partial charge is 0.472 e. The SMILES string of the molecule is CCCCCCCCCCCCCCCC(=O)OC[C@H](COP(=O)(O)OC[C@H](N)C(=O)O)OC(=O)CCC(=O)O. The Morgan fingerprint density at radius 1 is 0.700 bits per heavy atom. The van der Waals surface area contributed by atoms with Gasteiger partial charge in [-0.05, 0) is 6.42 Å². The zero-order chi connectivity index (χ0) is 30.2.